The van der Waals surface area contributed by atoms with Gasteiger partial charge in [0, 0.05) is 6.42 Å². The summed E-state index contributed by atoms with van der Waals surface area (Å²) in [5, 5.41) is -5.95. The van der Waals surface area contributed by atoms with Gasteiger partial charge in [-0.15, -0.1) is 0 Å². The Bertz CT molecular complexity index is 342. The number of allylic oxidation sites excluding steroid dienone is 1. The second-order valence-electron chi connectivity index (χ2n) is 2.44. The molecule has 0 heterocycles. The van der Waals surface area contributed by atoms with Gasteiger partial charge in [-0.1, -0.05) is 13.5 Å². The van der Waals surface area contributed by atoms with Crippen molar-refractivity contribution in [2.75, 3.05) is 0 Å². The van der Waals surface area contributed by atoms with E-state index in [1.165, 1.54) is 6.92 Å². The molecule has 0 N–H and O–H groups in total. The average molecular weight is 254 g/mol. The molecule has 0 bridgehead atoms. The first-order chi connectivity index (χ1) is 6.45. The molecule has 0 aromatic heterocycles. The molecule has 0 aliphatic carbocycles. The van der Waals surface area contributed by atoms with Crippen LogP contribution in [0.15, 0.2) is 12.3 Å². The van der Waals surface area contributed by atoms with E-state index in [1.54, 1.807) is 0 Å². The fourth-order valence-electron chi connectivity index (χ4n) is 0.408. The molecule has 0 atom stereocenters. The topological polar surface area (TPSA) is 43.4 Å². The molecule has 0 amide bonds. The van der Waals surface area contributed by atoms with Crippen molar-refractivity contribution < 1.29 is 34.6 Å². The van der Waals surface area contributed by atoms with Crippen molar-refractivity contribution >= 4 is 10.1 Å². The van der Waals surface area contributed by atoms with Crippen molar-refractivity contribution in [3.05, 3.63) is 12.3 Å². The van der Waals surface area contributed by atoms with Gasteiger partial charge in [-0.25, -0.2) is 0 Å². The largest absolute Gasteiger partial charge is 0.475 e. The maximum Gasteiger partial charge on any atom is 0.475 e. The molecule has 0 aromatic carbocycles. The zero-order valence-corrected chi connectivity index (χ0v) is 8.25. The third-order valence-corrected chi connectivity index (χ3v) is 2.58. The first-order valence-corrected chi connectivity index (χ1v) is 4.93. The molecule has 90 valence electrons. The van der Waals surface area contributed by atoms with Gasteiger partial charge in [0.25, 0.3) is 0 Å². The predicted molar refractivity (Wildman–Crippen MR) is 40.4 cm³/mol. The van der Waals surface area contributed by atoms with Crippen molar-refractivity contribution in [1.29, 1.82) is 0 Å². The predicted octanol–water partition coefficient (Wildman–Crippen LogP) is 2.41. The second kappa shape index (κ2) is 3.95. The minimum atomic E-state index is -6.22. The molecule has 0 unspecified atom stereocenters. The summed E-state index contributed by atoms with van der Waals surface area (Å²) >= 11 is 0. The summed E-state index contributed by atoms with van der Waals surface area (Å²) in [7, 11) is -6.09. The SMILES string of the molecule is C=C(CC)OS(=O)(=O)C(F)(F)C(F)(F)F. The summed E-state index contributed by atoms with van der Waals surface area (Å²) in [5.41, 5.74) is 0. The molecule has 0 saturated carbocycles. The van der Waals surface area contributed by atoms with Gasteiger partial charge in [-0.05, 0) is 0 Å². The summed E-state index contributed by atoms with van der Waals surface area (Å²) in [5.74, 6) is -0.695. The van der Waals surface area contributed by atoms with Crippen LogP contribution in [0.25, 0.3) is 0 Å². The van der Waals surface area contributed by atoms with Crippen molar-refractivity contribution in [2.24, 2.45) is 0 Å². The number of hydrogen-bond donors (Lipinski definition) is 0. The minimum Gasteiger partial charge on any atom is -0.383 e. The smallest absolute Gasteiger partial charge is 0.383 e. The Kier molecular flexibility index (Phi) is 3.72. The lowest BCUT2D eigenvalue weighted by Gasteiger charge is -2.19. The van der Waals surface area contributed by atoms with Crippen LogP contribution in [0, 0.1) is 0 Å². The highest BCUT2D eigenvalue weighted by Gasteiger charge is 2.69. The summed E-state index contributed by atoms with van der Waals surface area (Å²) in [6.07, 6.45) is -6.42. The molecular weight excluding hydrogens is 247 g/mol. The molecule has 0 fully saturated rings. The summed E-state index contributed by atoms with van der Waals surface area (Å²) < 4.78 is 84.1. The molecule has 0 aliphatic heterocycles. The molecular formula is C6H7F5O3S. The fourth-order valence-corrected chi connectivity index (χ4v) is 1.22. The van der Waals surface area contributed by atoms with Crippen molar-refractivity contribution in [1.82, 2.24) is 0 Å². The molecule has 15 heavy (non-hydrogen) atoms. The average Bonchev–Trinajstić information content (AvgIpc) is 2.00. The molecule has 0 aromatic rings. The standard InChI is InChI=1S/C6H7F5O3S/c1-3-4(2)14-15(12,13)6(10,11)5(7,8)9/h2-3H2,1H3. The summed E-state index contributed by atoms with van der Waals surface area (Å²) in [6.45, 7) is 4.13. The monoisotopic (exact) mass is 254 g/mol. The molecule has 0 spiro atoms. The molecule has 9 heteroatoms. The van der Waals surface area contributed by atoms with E-state index < -0.39 is 27.3 Å². The van der Waals surface area contributed by atoms with Gasteiger partial charge in [-0.3, -0.25) is 0 Å². The first kappa shape index (κ1) is 14.1. The minimum absolute atomic E-state index is 0.201. The lowest BCUT2D eigenvalue weighted by atomic mass is 10.4. The van der Waals surface area contributed by atoms with E-state index in [1.807, 2.05) is 0 Å². The Labute approximate surface area is 82.6 Å². The second-order valence-corrected chi connectivity index (χ2v) is 4.03. The maximum atomic E-state index is 12.3. The number of rotatable bonds is 4. The van der Waals surface area contributed by atoms with Crippen LogP contribution in [-0.2, 0) is 14.3 Å². The lowest BCUT2D eigenvalue weighted by Crippen LogP contribution is -2.44. The van der Waals surface area contributed by atoms with E-state index in [0.29, 0.717) is 0 Å². The van der Waals surface area contributed by atoms with Crippen molar-refractivity contribution in [3.63, 3.8) is 0 Å². The van der Waals surface area contributed by atoms with Gasteiger partial charge < -0.3 is 4.18 Å². The van der Waals surface area contributed by atoms with Crippen LogP contribution in [0.4, 0.5) is 22.0 Å². The van der Waals surface area contributed by atoms with E-state index in [2.05, 4.69) is 10.8 Å². The van der Waals surface area contributed by atoms with E-state index in [-0.39, 0.29) is 6.42 Å². The van der Waals surface area contributed by atoms with Gasteiger partial charge >= 0.3 is 21.5 Å². The quantitative estimate of drug-likeness (QED) is 0.439. The molecule has 3 nitrogen and oxygen atoms in total. The lowest BCUT2D eigenvalue weighted by molar-refractivity contribution is -0.243. The number of hydrogen-bond acceptors (Lipinski definition) is 3. The maximum absolute atomic E-state index is 12.3. The van der Waals surface area contributed by atoms with Crippen molar-refractivity contribution in [3.8, 4) is 0 Å². The fraction of sp³-hybridized carbons (Fsp3) is 0.667. The summed E-state index contributed by atoms with van der Waals surface area (Å²) in [6, 6.07) is 0. The molecule has 0 saturated heterocycles. The van der Waals surface area contributed by atoms with E-state index >= 15 is 0 Å². The third kappa shape index (κ3) is 2.80. The highest BCUT2D eigenvalue weighted by atomic mass is 32.2. The van der Waals surface area contributed by atoms with Gasteiger partial charge in [0.15, 0.2) is 0 Å². The van der Waals surface area contributed by atoms with Gasteiger partial charge in [0.1, 0.15) is 5.76 Å². The van der Waals surface area contributed by atoms with Crippen LogP contribution in [0.1, 0.15) is 13.3 Å². The highest BCUT2D eigenvalue weighted by molar-refractivity contribution is 7.88. The number of alkyl halides is 5. The Morgan fingerprint density at radius 1 is 1.27 bits per heavy atom. The third-order valence-electron chi connectivity index (χ3n) is 1.27. The molecule has 0 radical (unpaired) electrons. The zero-order valence-electron chi connectivity index (χ0n) is 7.44. The van der Waals surface area contributed by atoms with Gasteiger partial charge in [-0.2, -0.15) is 30.4 Å². The highest BCUT2D eigenvalue weighted by Crippen LogP contribution is 2.41. The molecule has 0 aliphatic rings. The van der Waals surface area contributed by atoms with Crippen LogP contribution in [-0.4, -0.2) is 19.8 Å². The van der Waals surface area contributed by atoms with E-state index in [9.17, 15) is 30.4 Å². The number of halogens is 5. The van der Waals surface area contributed by atoms with E-state index in [4.69, 9.17) is 0 Å². The van der Waals surface area contributed by atoms with Gasteiger partial charge in [0.2, 0.25) is 0 Å². The van der Waals surface area contributed by atoms with Crippen molar-refractivity contribution in [2.45, 2.75) is 24.8 Å². The van der Waals surface area contributed by atoms with Crippen LogP contribution >= 0.6 is 0 Å². The van der Waals surface area contributed by atoms with Crippen LogP contribution in [0.3, 0.4) is 0 Å². The van der Waals surface area contributed by atoms with Crippen LogP contribution in [0.2, 0.25) is 0 Å². The van der Waals surface area contributed by atoms with Crippen LogP contribution < -0.4 is 0 Å². The zero-order chi connectivity index (χ0) is 12.5. The summed E-state index contributed by atoms with van der Waals surface area (Å²) in [4.78, 5) is 0. The Balaban J connectivity index is 5.13. The van der Waals surface area contributed by atoms with E-state index in [0.717, 1.165) is 0 Å². The van der Waals surface area contributed by atoms with Crippen LogP contribution in [0.5, 0.6) is 0 Å². The normalized spacial score (nSPS) is 13.7. The molecule has 0 rings (SSSR count). The van der Waals surface area contributed by atoms with Gasteiger partial charge in [0.05, 0.1) is 0 Å². The Morgan fingerprint density at radius 3 is 1.93 bits per heavy atom. The Hall–Kier alpha value is -0.860. The first-order valence-electron chi connectivity index (χ1n) is 3.52. The Morgan fingerprint density at radius 2 is 1.67 bits per heavy atom.